The van der Waals surface area contributed by atoms with Gasteiger partial charge >= 0.3 is 0 Å². The van der Waals surface area contributed by atoms with Gasteiger partial charge in [0, 0.05) is 27.8 Å². The molecule has 220 valence electrons. The Kier molecular flexibility index (Phi) is 7.44. The zero-order valence-electron chi connectivity index (χ0n) is 25.6. The van der Waals surface area contributed by atoms with Crippen molar-refractivity contribution < 1.29 is 4.42 Å². The minimum atomic E-state index is 0.713. The van der Waals surface area contributed by atoms with Gasteiger partial charge in [-0.15, -0.1) is 0 Å². The summed E-state index contributed by atoms with van der Waals surface area (Å²) in [6, 6.07) is 42.8. The average Bonchev–Trinajstić information content (AvgIpc) is 3.48. The summed E-state index contributed by atoms with van der Waals surface area (Å²) in [7, 11) is 0. The third-order valence-electron chi connectivity index (χ3n) is 10.3. The molecule has 0 bridgehead atoms. The lowest BCUT2D eigenvalue weighted by atomic mass is 9.84. The van der Waals surface area contributed by atoms with Crippen molar-refractivity contribution in [1.29, 1.82) is 0 Å². The smallest absolute Gasteiger partial charge is 0.135 e. The molecule has 2 saturated carbocycles. The second-order valence-electron chi connectivity index (χ2n) is 13.0. The minimum Gasteiger partial charge on any atom is -0.456 e. The predicted octanol–water partition coefficient (Wildman–Crippen LogP) is 12.8. The molecule has 5 aromatic carbocycles. The van der Waals surface area contributed by atoms with Crippen LogP contribution in [0.5, 0.6) is 0 Å². The van der Waals surface area contributed by atoms with Crippen LogP contribution in [0.4, 0.5) is 17.1 Å². The number of nitrogens with zero attached hydrogens (tertiary/aromatic N) is 1. The normalized spacial score (nSPS) is 16.5. The minimum absolute atomic E-state index is 0.713. The lowest BCUT2D eigenvalue weighted by Crippen LogP contribution is -2.11. The van der Waals surface area contributed by atoms with Crippen LogP contribution in [0.3, 0.4) is 0 Å². The first-order valence-corrected chi connectivity index (χ1v) is 16.8. The Bertz CT molecular complexity index is 1790. The lowest BCUT2D eigenvalue weighted by Gasteiger charge is -2.28. The van der Waals surface area contributed by atoms with Crippen molar-refractivity contribution >= 4 is 39.0 Å². The van der Waals surface area contributed by atoms with Gasteiger partial charge < -0.3 is 9.32 Å². The van der Waals surface area contributed by atoms with E-state index in [1.54, 1.807) is 0 Å². The summed E-state index contributed by atoms with van der Waals surface area (Å²) in [5.41, 5.74) is 10.9. The Morgan fingerprint density at radius 3 is 1.48 bits per heavy atom. The molecular weight excluding hydrogens is 534 g/mol. The van der Waals surface area contributed by atoms with Crippen molar-refractivity contribution in [3.63, 3.8) is 0 Å². The first-order chi connectivity index (χ1) is 21.8. The standard InChI is InChI=1S/C42H41NO/c1-3-9-30(10-4-1)32-15-22-36(23-16-32)43(37-24-17-33(18-25-37)31-11-5-2-6-12-31)38-26-19-34(20-27-38)35-21-28-42-40(29-35)39-13-7-8-14-41(39)44-42/h7-8,13-31H,1-6,9-12H2. The largest absolute Gasteiger partial charge is 0.456 e. The van der Waals surface area contributed by atoms with Crippen molar-refractivity contribution in [3.8, 4) is 11.1 Å². The van der Waals surface area contributed by atoms with Crippen LogP contribution in [-0.2, 0) is 0 Å². The van der Waals surface area contributed by atoms with Crippen LogP contribution >= 0.6 is 0 Å². The topological polar surface area (TPSA) is 16.4 Å². The highest BCUT2D eigenvalue weighted by atomic mass is 16.3. The van der Waals surface area contributed by atoms with Gasteiger partial charge in [-0.05, 0) is 114 Å². The molecule has 0 spiro atoms. The summed E-state index contributed by atoms with van der Waals surface area (Å²) in [5.74, 6) is 1.43. The van der Waals surface area contributed by atoms with E-state index in [9.17, 15) is 0 Å². The van der Waals surface area contributed by atoms with Crippen LogP contribution in [0.2, 0.25) is 0 Å². The van der Waals surface area contributed by atoms with E-state index in [1.165, 1.54) is 114 Å². The summed E-state index contributed by atoms with van der Waals surface area (Å²) < 4.78 is 6.08. The monoisotopic (exact) mass is 575 g/mol. The molecule has 0 amide bonds. The van der Waals surface area contributed by atoms with E-state index in [0.29, 0.717) is 11.8 Å². The highest BCUT2D eigenvalue weighted by Crippen LogP contribution is 2.40. The zero-order valence-corrected chi connectivity index (χ0v) is 25.6. The summed E-state index contributed by atoms with van der Waals surface area (Å²) >= 11 is 0. The van der Waals surface area contributed by atoms with Gasteiger partial charge in [-0.3, -0.25) is 0 Å². The van der Waals surface area contributed by atoms with Crippen molar-refractivity contribution in [2.75, 3.05) is 4.90 Å². The van der Waals surface area contributed by atoms with Crippen molar-refractivity contribution in [2.24, 2.45) is 0 Å². The van der Waals surface area contributed by atoms with Crippen molar-refractivity contribution in [3.05, 3.63) is 126 Å². The molecule has 6 aromatic rings. The van der Waals surface area contributed by atoms with Crippen LogP contribution < -0.4 is 4.90 Å². The Labute approximate surface area is 261 Å². The van der Waals surface area contributed by atoms with Gasteiger partial charge in [-0.2, -0.15) is 0 Å². The molecule has 0 unspecified atom stereocenters. The van der Waals surface area contributed by atoms with Crippen LogP contribution in [0.25, 0.3) is 33.1 Å². The average molecular weight is 576 g/mol. The van der Waals surface area contributed by atoms with E-state index in [4.69, 9.17) is 4.42 Å². The lowest BCUT2D eigenvalue weighted by molar-refractivity contribution is 0.443. The molecule has 8 rings (SSSR count). The number of para-hydroxylation sites is 1. The van der Waals surface area contributed by atoms with E-state index >= 15 is 0 Å². The van der Waals surface area contributed by atoms with E-state index in [0.717, 1.165) is 11.2 Å². The fourth-order valence-electron chi connectivity index (χ4n) is 7.82. The van der Waals surface area contributed by atoms with E-state index < -0.39 is 0 Å². The zero-order chi connectivity index (χ0) is 29.3. The van der Waals surface area contributed by atoms with Gasteiger partial charge in [-0.1, -0.05) is 99.2 Å². The Morgan fingerprint density at radius 2 is 0.909 bits per heavy atom. The molecule has 2 nitrogen and oxygen atoms in total. The summed E-state index contributed by atoms with van der Waals surface area (Å²) in [6.07, 6.45) is 13.5. The van der Waals surface area contributed by atoms with Gasteiger partial charge in [-0.25, -0.2) is 0 Å². The molecule has 1 heterocycles. The molecule has 0 aliphatic heterocycles. The molecule has 2 aliphatic rings. The Morgan fingerprint density at radius 1 is 0.432 bits per heavy atom. The molecule has 2 heteroatoms. The van der Waals surface area contributed by atoms with Crippen LogP contribution in [0, 0.1) is 0 Å². The maximum atomic E-state index is 6.08. The highest BCUT2D eigenvalue weighted by Gasteiger charge is 2.19. The number of benzene rings is 5. The van der Waals surface area contributed by atoms with Crippen LogP contribution in [0.1, 0.15) is 87.2 Å². The van der Waals surface area contributed by atoms with Crippen LogP contribution in [-0.4, -0.2) is 0 Å². The fourth-order valence-corrected chi connectivity index (χ4v) is 7.82. The molecule has 44 heavy (non-hydrogen) atoms. The Balaban J connectivity index is 1.13. The van der Waals surface area contributed by atoms with Gasteiger partial charge in [0.2, 0.25) is 0 Å². The fraction of sp³-hybridized carbons (Fsp3) is 0.286. The summed E-state index contributed by atoms with van der Waals surface area (Å²) in [5, 5.41) is 2.33. The van der Waals surface area contributed by atoms with E-state index in [-0.39, 0.29) is 0 Å². The highest BCUT2D eigenvalue weighted by molar-refractivity contribution is 6.06. The predicted molar refractivity (Wildman–Crippen MR) is 185 cm³/mol. The third kappa shape index (κ3) is 5.32. The molecule has 0 N–H and O–H groups in total. The maximum absolute atomic E-state index is 6.08. The third-order valence-corrected chi connectivity index (χ3v) is 10.3. The number of rotatable bonds is 6. The molecule has 2 fully saturated rings. The first-order valence-electron chi connectivity index (χ1n) is 16.8. The summed E-state index contributed by atoms with van der Waals surface area (Å²) in [4.78, 5) is 2.42. The number of furan rings is 1. The Hall–Kier alpha value is -4.30. The van der Waals surface area contributed by atoms with Gasteiger partial charge in [0.25, 0.3) is 0 Å². The second-order valence-corrected chi connectivity index (χ2v) is 13.0. The van der Waals surface area contributed by atoms with Crippen molar-refractivity contribution in [1.82, 2.24) is 0 Å². The molecule has 0 radical (unpaired) electrons. The SMILES string of the molecule is c1ccc2c(c1)oc1ccc(-c3ccc(N(c4ccc(C5CCCCC5)cc4)c4ccc(C5CCCCC5)cc4)cc3)cc12. The second kappa shape index (κ2) is 12.0. The number of hydrogen-bond acceptors (Lipinski definition) is 2. The first kappa shape index (κ1) is 27.3. The van der Waals surface area contributed by atoms with Crippen molar-refractivity contribution in [2.45, 2.75) is 76.0 Å². The number of hydrogen-bond donors (Lipinski definition) is 0. The number of anilines is 3. The van der Waals surface area contributed by atoms with Crippen LogP contribution in [0.15, 0.2) is 120 Å². The van der Waals surface area contributed by atoms with Gasteiger partial charge in [0.05, 0.1) is 0 Å². The van der Waals surface area contributed by atoms with E-state index in [2.05, 4.69) is 108 Å². The molecule has 1 aromatic heterocycles. The maximum Gasteiger partial charge on any atom is 0.135 e. The molecular formula is C42H41NO. The molecule has 0 atom stereocenters. The molecule has 0 saturated heterocycles. The molecule has 2 aliphatic carbocycles. The van der Waals surface area contributed by atoms with E-state index in [1.807, 2.05) is 12.1 Å². The summed E-state index contributed by atoms with van der Waals surface area (Å²) in [6.45, 7) is 0. The quantitative estimate of drug-likeness (QED) is 0.196. The van der Waals surface area contributed by atoms with Gasteiger partial charge in [0.1, 0.15) is 11.2 Å². The van der Waals surface area contributed by atoms with Gasteiger partial charge in [0.15, 0.2) is 0 Å². The number of fused-ring (bicyclic) bond motifs is 3.